The van der Waals surface area contributed by atoms with Crippen molar-refractivity contribution in [2.24, 2.45) is 0 Å². The standard InChI is InChI=1S/C12H24N4O/c1-5-10(13-4)12-14-11(15-17-12)8-9-16(6-2)7-3/h10,13H,5-9H2,1-4H3. The minimum Gasteiger partial charge on any atom is -0.338 e. The second-order valence-corrected chi connectivity index (χ2v) is 4.08. The fourth-order valence-corrected chi connectivity index (χ4v) is 1.81. The molecule has 0 radical (unpaired) electrons. The smallest absolute Gasteiger partial charge is 0.243 e. The molecule has 1 heterocycles. The highest BCUT2D eigenvalue weighted by Crippen LogP contribution is 2.13. The molecule has 1 rings (SSSR count). The van der Waals surface area contributed by atoms with Crippen LogP contribution in [0.5, 0.6) is 0 Å². The average Bonchev–Trinajstić information content (AvgIpc) is 2.81. The lowest BCUT2D eigenvalue weighted by atomic mass is 10.2. The van der Waals surface area contributed by atoms with Crippen molar-refractivity contribution in [2.45, 2.75) is 39.7 Å². The van der Waals surface area contributed by atoms with E-state index in [1.54, 1.807) is 0 Å². The summed E-state index contributed by atoms with van der Waals surface area (Å²) in [5, 5.41) is 7.18. The number of nitrogens with one attached hydrogen (secondary N) is 1. The summed E-state index contributed by atoms with van der Waals surface area (Å²) >= 11 is 0. The van der Waals surface area contributed by atoms with Crippen molar-refractivity contribution in [3.05, 3.63) is 11.7 Å². The van der Waals surface area contributed by atoms with E-state index in [4.69, 9.17) is 4.52 Å². The monoisotopic (exact) mass is 240 g/mol. The van der Waals surface area contributed by atoms with Crippen LogP contribution in [0.15, 0.2) is 4.52 Å². The van der Waals surface area contributed by atoms with Gasteiger partial charge in [-0.1, -0.05) is 25.9 Å². The molecule has 1 unspecified atom stereocenters. The first kappa shape index (κ1) is 14.1. The molecule has 0 bridgehead atoms. The summed E-state index contributed by atoms with van der Waals surface area (Å²) < 4.78 is 5.27. The maximum Gasteiger partial charge on any atom is 0.243 e. The van der Waals surface area contributed by atoms with Gasteiger partial charge < -0.3 is 14.7 Å². The first-order chi connectivity index (χ1) is 8.24. The second-order valence-electron chi connectivity index (χ2n) is 4.08. The van der Waals surface area contributed by atoms with Gasteiger partial charge in [-0.15, -0.1) is 0 Å². The molecule has 0 aromatic carbocycles. The molecule has 1 aromatic rings. The van der Waals surface area contributed by atoms with E-state index in [1.165, 1.54) is 0 Å². The van der Waals surface area contributed by atoms with Crippen molar-refractivity contribution in [1.82, 2.24) is 20.4 Å². The summed E-state index contributed by atoms with van der Waals surface area (Å²) in [6.45, 7) is 9.55. The van der Waals surface area contributed by atoms with Gasteiger partial charge >= 0.3 is 0 Å². The Morgan fingerprint density at radius 2 is 2.00 bits per heavy atom. The summed E-state index contributed by atoms with van der Waals surface area (Å²) in [5.41, 5.74) is 0. The maximum absolute atomic E-state index is 5.27. The number of likely N-dealkylation sites (N-methyl/N-ethyl adjacent to an activating group) is 1. The predicted octanol–water partition coefficient (Wildman–Crippen LogP) is 1.62. The number of hydrogen-bond donors (Lipinski definition) is 1. The van der Waals surface area contributed by atoms with Crippen LogP contribution in [0.1, 0.15) is 44.9 Å². The molecule has 0 saturated carbocycles. The second kappa shape index (κ2) is 7.40. The zero-order valence-electron chi connectivity index (χ0n) is 11.4. The third kappa shape index (κ3) is 4.09. The van der Waals surface area contributed by atoms with E-state index in [0.717, 1.165) is 38.3 Å². The fourth-order valence-electron chi connectivity index (χ4n) is 1.81. The van der Waals surface area contributed by atoms with Crippen LogP contribution < -0.4 is 5.32 Å². The van der Waals surface area contributed by atoms with Gasteiger partial charge in [-0.2, -0.15) is 4.98 Å². The van der Waals surface area contributed by atoms with Crippen LogP contribution in [0.3, 0.4) is 0 Å². The molecular weight excluding hydrogens is 216 g/mol. The highest BCUT2D eigenvalue weighted by atomic mass is 16.5. The quantitative estimate of drug-likeness (QED) is 0.748. The minimum atomic E-state index is 0.171. The lowest BCUT2D eigenvalue weighted by Gasteiger charge is -2.16. The van der Waals surface area contributed by atoms with Gasteiger partial charge in [0, 0.05) is 13.0 Å². The van der Waals surface area contributed by atoms with E-state index in [9.17, 15) is 0 Å². The SMILES string of the molecule is CCC(NC)c1nc(CCN(CC)CC)no1. The molecule has 0 aliphatic carbocycles. The number of hydrogen-bond acceptors (Lipinski definition) is 5. The normalized spacial score (nSPS) is 13.2. The van der Waals surface area contributed by atoms with Gasteiger partial charge in [0.15, 0.2) is 5.82 Å². The topological polar surface area (TPSA) is 54.2 Å². The van der Waals surface area contributed by atoms with Crippen molar-refractivity contribution < 1.29 is 4.52 Å². The van der Waals surface area contributed by atoms with Crippen molar-refractivity contribution in [1.29, 1.82) is 0 Å². The Morgan fingerprint density at radius 1 is 1.29 bits per heavy atom. The van der Waals surface area contributed by atoms with Crippen LogP contribution in [-0.4, -0.2) is 41.7 Å². The first-order valence-corrected chi connectivity index (χ1v) is 6.47. The molecule has 0 fully saturated rings. The Labute approximate surface area is 104 Å². The molecule has 1 aromatic heterocycles. The summed E-state index contributed by atoms with van der Waals surface area (Å²) in [6, 6.07) is 0.171. The average molecular weight is 240 g/mol. The summed E-state index contributed by atoms with van der Waals surface area (Å²) in [7, 11) is 1.91. The van der Waals surface area contributed by atoms with Crippen molar-refractivity contribution in [2.75, 3.05) is 26.7 Å². The summed E-state index contributed by atoms with van der Waals surface area (Å²) in [4.78, 5) is 6.78. The molecule has 0 aliphatic heterocycles. The van der Waals surface area contributed by atoms with Gasteiger partial charge in [0.2, 0.25) is 5.89 Å². The van der Waals surface area contributed by atoms with Crippen LogP contribution in [0.4, 0.5) is 0 Å². The Kier molecular flexibility index (Phi) is 6.15. The largest absolute Gasteiger partial charge is 0.338 e. The van der Waals surface area contributed by atoms with E-state index < -0.39 is 0 Å². The van der Waals surface area contributed by atoms with Gasteiger partial charge in [-0.05, 0) is 26.6 Å². The summed E-state index contributed by atoms with van der Waals surface area (Å²) in [5.74, 6) is 1.50. The minimum absolute atomic E-state index is 0.171. The van der Waals surface area contributed by atoms with Crippen LogP contribution in [0.2, 0.25) is 0 Å². The van der Waals surface area contributed by atoms with E-state index in [-0.39, 0.29) is 6.04 Å². The molecule has 1 atom stereocenters. The molecule has 0 amide bonds. The third-order valence-corrected chi connectivity index (χ3v) is 3.08. The van der Waals surface area contributed by atoms with Crippen LogP contribution in [-0.2, 0) is 6.42 Å². The zero-order chi connectivity index (χ0) is 12.7. The molecule has 0 saturated heterocycles. The van der Waals surface area contributed by atoms with Gasteiger partial charge in [-0.3, -0.25) is 0 Å². The molecule has 1 N–H and O–H groups in total. The lowest BCUT2D eigenvalue weighted by Crippen LogP contribution is -2.25. The molecule has 0 spiro atoms. The van der Waals surface area contributed by atoms with E-state index in [2.05, 4.69) is 41.1 Å². The molecule has 0 aliphatic rings. The Balaban J connectivity index is 2.50. The molecule has 5 nitrogen and oxygen atoms in total. The van der Waals surface area contributed by atoms with Crippen molar-refractivity contribution in [3.8, 4) is 0 Å². The number of nitrogens with zero attached hydrogens (tertiary/aromatic N) is 3. The van der Waals surface area contributed by atoms with E-state index >= 15 is 0 Å². The van der Waals surface area contributed by atoms with Gasteiger partial charge in [0.05, 0.1) is 6.04 Å². The zero-order valence-corrected chi connectivity index (χ0v) is 11.4. The Bertz CT molecular complexity index is 305. The van der Waals surface area contributed by atoms with Crippen LogP contribution >= 0.6 is 0 Å². The Morgan fingerprint density at radius 3 is 2.53 bits per heavy atom. The fraction of sp³-hybridized carbons (Fsp3) is 0.833. The highest BCUT2D eigenvalue weighted by Gasteiger charge is 2.15. The van der Waals surface area contributed by atoms with Crippen LogP contribution in [0, 0.1) is 0 Å². The lowest BCUT2D eigenvalue weighted by molar-refractivity contribution is 0.301. The predicted molar refractivity (Wildman–Crippen MR) is 67.9 cm³/mol. The van der Waals surface area contributed by atoms with E-state index in [0.29, 0.717) is 5.89 Å². The highest BCUT2D eigenvalue weighted by molar-refractivity contribution is 4.92. The molecular formula is C12H24N4O. The maximum atomic E-state index is 5.27. The van der Waals surface area contributed by atoms with Gasteiger partial charge in [0.1, 0.15) is 0 Å². The summed E-state index contributed by atoms with van der Waals surface area (Å²) in [6.07, 6.45) is 1.81. The van der Waals surface area contributed by atoms with Crippen LogP contribution in [0.25, 0.3) is 0 Å². The van der Waals surface area contributed by atoms with Gasteiger partial charge in [-0.25, -0.2) is 0 Å². The van der Waals surface area contributed by atoms with Gasteiger partial charge in [0.25, 0.3) is 0 Å². The van der Waals surface area contributed by atoms with Crippen molar-refractivity contribution >= 4 is 0 Å². The van der Waals surface area contributed by atoms with Crippen molar-refractivity contribution in [3.63, 3.8) is 0 Å². The number of aromatic nitrogens is 2. The molecule has 5 heteroatoms. The molecule has 98 valence electrons. The molecule has 17 heavy (non-hydrogen) atoms. The Hall–Kier alpha value is -0.940. The van der Waals surface area contributed by atoms with E-state index in [1.807, 2.05) is 7.05 Å². The first-order valence-electron chi connectivity index (χ1n) is 6.47. The number of rotatable bonds is 8. The third-order valence-electron chi connectivity index (χ3n) is 3.08.